The minimum atomic E-state index is -0.835. The molecule has 2 rings (SSSR count). The number of benzene rings is 1. The van der Waals surface area contributed by atoms with Crippen LogP contribution >= 0.6 is 0 Å². The number of amides is 1. The topological polar surface area (TPSA) is 69.2 Å². The van der Waals surface area contributed by atoms with Crippen molar-refractivity contribution >= 4 is 12.1 Å². The lowest BCUT2D eigenvalue weighted by molar-refractivity contribution is -0.159. The highest BCUT2D eigenvalue weighted by molar-refractivity contribution is 5.82. The smallest absolute Gasteiger partial charge is 0.245 e. The van der Waals surface area contributed by atoms with Crippen molar-refractivity contribution in [3.63, 3.8) is 0 Å². The first-order valence-electron chi connectivity index (χ1n) is 6.94. The summed E-state index contributed by atoms with van der Waals surface area (Å²) in [5.74, 6) is -0.276. The minimum absolute atomic E-state index is 0.119. The fourth-order valence-corrected chi connectivity index (χ4v) is 1.99. The highest BCUT2D eigenvalue weighted by Crippen LogP contribution is 2.22. The first-order valence-corrected chi connectivity index (χ1v) is 6.94. The van der Waals surface area contributed by atoms with Gasteiger partial charge in [0.15, 0.2) is 5.79 Å². The molecule has 1 aliphatic heterocycles. The maximum atomic E-state index is 11.7. The maximum absolute atomic E-state index is 11.7. The van der Waals surface area contributed by atoms with Gasteiger partial charge in [0, 0.05) is 0 Å². The first-order chi connectivity index (χ1) is 10.1. The molecule has 0 bridgehead atoms. The van der Waals surface area contributed by atoms with E-state index < -0.39 is 5.79 Å². The van der Waals surface area contributed by atoms with Gasteiger partial charge in [0.25, 0.3) is 0 Å². The van der Waals surface area contributed by atoms with Gasteiger partial charge in [-0.15, -0.1) is 0 Å². The van der Waals surface area contributed by atoms with Crippen molar-refractivity contribution in [1.82, 2.24) is 5.43 Å². The van der Waals surface area contributed by atoms with Crippen molar-refractivity contribution in [2.45, 2.75) is 26.1 Å². The third-order valence-electron chi connectivity index (χ3n) is 2.97. The van der Waals surface area contributed by atoms with Gasteiger partial charge in [-0.1, -0.05) is 0 Å². The first kappa shape index (κ1) is 15.5. The molecule has 1 fully saturated rings. The van der Waals surface area contributed by atoms with E-state index in [0.717, 1.165) is 11.3 Å². The van der Waals surface area contributed by atoms with Gasteiger partial charge in [-0.25, -0.2) is 5.43 Å². The average Bonchev–Trinajstić information content (AvgIpc) is 2.87. The Hall–Kier alpha value is -1.92. The minimum Gasteiger partial charge on any atom is -0.494 e. The molecular formula is C15H20N2O4. The van der Waals surface area contributed by atoms with Gasteiger partial charge in [0.05, 0.1) is 32.5 Å². The molecule has 0 aliphatic carbocycles. The predicted octanol–water partition coefficient (Wildman–Crippen LogP) is 1.69. The van der Waals surface area contributed by atoms with Crippen molar-refractivity contribution < 1.29 is 19.0 Å². The zero-order valence-electron chi connectivity index (χ0n) is 12.3. The number of hydrogen-bond acceptors (Lipinski definition) is 5. The quantitative estimate of drug-likeness (QED) is 0.640. The van der Waals surface area contributed by atoms with Crippen LogP contribution in [0.2, 0.25) is 0 Å². The van der Waals surface area contributed by atoms with Gasteiger partial charge in [-0.2, -0.15) is 5.10 Å². The third kappa shape index (κ3) is 4.84. The number of hydrazone groups is 1. The van der Waals surface area contributed by atoms with Crippen molar-refractivity contribution in [3.8, 4) is 5.75 Å². The molecule has 0 radical (unpaired) electrons. The molecule has 1 N–H and O–H groups in total. The Kier molecular flexibility index (Phi) is 5.30. The van der Waals surface area contributed by atoms with E-state index in [1.165, 1.54) is 0 Å². The van der Waals surface area contributed by atoms with Gasteiger partial charge in [-0.05, 0) is 43.7 Å². The number of hydrogen-bond donors (Lipinski definition) is 1. The van der Waals surface area contributed by atoms with Crippen molar-refractivity contribution in [2.75, 3.05) is 19.8 Å². The molecule has 21 heavy (non-hydrogen) atoms. The number of rotatable bonds is 6. The molecule has 1 amide bonds. The Morgan fingerprint density at radius 2 is 2.05 bits per heavy atom. The summed E-state index contributed by atoms with van der Waals surface area (Å²) in [6.45, 7) is 5.34. The summed E-state index contributed by atoms with van der Waals surface area (Å²) in [7, 11) is 0. The molecule has 1 heterocycles. The van der Waals surface area contributed by atoms with Crippen LogP contribution in [0.1, 0.15) is 25.8 Å². The van der Waals surface area contributed by atoms with E-state index >= 15 is 0 Å². The molecule has 6 heteroatoms. The summed E-state index contributed by atoms with van der Waals surface area (Å²) < 4.78 is 16.1. The summed E-state index contributed by atoms with van der Waals surface area (Å²) in [6.07, 6.45) is 1.69. The Balaban J connectivity index is 1.80. The van der Waals surface area contributed by atoms with Gasteiger partial charge in [0.2, 0.25) is 5.91 Å². The zero-order chi connectivity index (χ0) is 15.1. The monoisotopic (exact) mass is 292 g/mol. The van der Waals surface area contributed by atoms with Crippen LogP contribution in [0.25, 0.3) is 0 Å². The highest BCUT2D eigenvalue weighted by atomic mass is 16.7. The molecule has 1 aromatic rings. The molecule has 0 saturated carbocycles. The summed E-state index contributed by atoms with van der Waals surface area (Å²) in [6, 6.07) is 7.44. The van der Waals surface area contributed by atoms with E-state index in [2.05, 4.69) is 10.5 Å². The number of nitrogens with one attached hydrogen (secondary N) is 1. The van der Waals surface area contributed by atoms with Gasteiger partial charge >= 0.3 is 0 Å². The van der Waals surface area contributed by atoms with E-state index in [9.17, 15) is 4.79 Å². The molecule has 114 valence electrons. The van der Waals surface area contributed by atoms with Crippen molar-refractivity contribution in [3.05, 3.63) is 29.8 Å². The highest BCUT2D eigenvalue weighted by Gasteiger charge is 2.33. The second-order valence-corrected chi connectivity index (χ2v) is 4.80. The molecule has 0 atom stereocenters. The van der Waals surface area contributed by atoms with Crippen LogP contribution in [0, 0.1) is 0 Å². The van der Waals surface area contributed by atoms with E-state index in [1.807, 2.05) is 31.2 Å². The van der Waals surface area contributed by atoms with Gasteiger partial charge in [0.1, 0.15) is 5.75 Å². The largest absolute Gasteiger partial charge is 0.494 e. The van der Waals surface area contributed by atoms with Gasteiger partial charge in [-0.3, -0.25) is 4.79 Å². The van der Waals surface area contributed by atoms with Gasteiger partial charge < -0.3 is 14.2 Å². The van der Waals surface area contributed by atoms with Crippen molar-refractivity contribution in [2.24, 2.45) is 5.10 Å². The normalized spacial score (nSPS) is 17.0. The van der Waals surface area contributed by atoms with Crippen LogP contribution in [0.15, 0.2) is 29.4 Å². The fraction of sp³-hybridized carbons (Fsp3) is 0.467. The lowest BCUT2D eigenvalue weighted by Gasteiger charge is -2.20. The van der Waals surface area contributed by atoms with E-state index in [1.54, 1.807) is 13.1 Å². The summed E-state index contributed by atoms with van der Waals surface area (Å²) >= 11 is 0. The number of carbonyl (C=O) groups excluding carboxylic acids is 1. The molecule has 0 spiro atoms. The zero-order valence-corrected chi connectivity index (χ0v) is 12.3. The molecule has 0 unspecified atom stereocenters. The standard InChI is InChI=1S/C15H20N2O4/c1-3-19-13-6-4-12(5-7-13)11-16-17-14(18)10-15(2)20-8-9-21-15/h4-7,11H,3,8-10H2,1-2H3,(H,17,18). The molecule has 0 aromatic heterocycles. The van der Waals surface area contributed by atoms with E-state index in [4.69, 9.17) is 14.2 Å². The Bertz CT molecular complexity index is 493. The summed E-state index contributed by atoms with van der Waals surface area (Å²) in [4.78, 5) is 11.7. The summed E-state index contributed by atoms with van der Waals surface area (Å²) in [5, 5.41) is 3.91. The number of ether oxygens (including phenoxy) is 3. The van der Waals surface area contributed by atoms with Crippen LogP contribution in [0.5, 0.6) is 5.75 Å². The average molecular weight is 292 g/mol. The van der Waals surface area contributed by atoms with Crippen LogP contribution in [-0.4, -0.2) is 37.7 Å². The van der Waals surface area contributed by atoms with Crippen LogP contribution in [0.4, 0.5) is 0 Å². The predicted molar refractivity (Wildman–Crippen MR) is 78.3 cm³/mol. The van der Waals surface area contributed by atoms with Crippen LogP contribution in [0.3, 0.4) is 0 Å². The lowest BCUT2D eigenvalue weighted by Crippen LogP contribution is -2.33. The third-order valence-corrected chi connectivity index (χ3v) is 2.97. The van der Waals surface area contributed by atoms with Crippen LogP contribution in [-0.2, 0) is 14.3 Å². The van der Waals surface area contributed by atoms with E-state index in [0.29, 0.717) is 19.8 Å². The maximum Gasteiger partial charge on any atom is 0.245 e. The molecule has 1 aliphatic rings. The Morgan fingerprint density at radius 3 is 2.67 bits per heavy atom. The van der Waals surface area contributed by atoms with Crippen molar-refractivity contribution in [1.29, 1.82) is 0 Å². The molecular weight excluding hydrogens is 272 g/mol. The number of nitrogens with zero attached hydrogens (tertiary/aromatic N) is 1. The van der Waals surface area contributed by atoms with E-state index in [-0.39, 0.29) is 12.3 Å². The Morgan fingerprint density at radius 1 is 1.38 bits per heavy atom. The SMILES string of the molecule is CCOc1ccc(C=NNC(=O)CC2(C)OCCO2)cc1. The second kappa shape index (κ2) is 7.19. The molecule has 1 saturated heterocycles. The molecule has 1 aromatic carbocycles. The summed E-state index contributed by atoms with van der Waals surface area (Å²) in [5.41, 5.74) is 3.34. The fourth-order valence-electron chi connectivity index (χ4n) is 1.99. The lowest BCUT2D eigenvalue weighted by atomic mass is 10.2. The Labute approximate surface area is 124 Å². The number of carbonyl (C=O) groups is 1. The molecule has 6 nitrogen and oxygen atoms in total. The second-order valence-electron chi connectivity index (χ2n) is 4.80. The van der Waals surface area contributed by atoms with Crippen LogP contribution < -0.4 is 10.2 Å².